The third-order valence-corrected chi connectivity index (χ3v) is 2.29. The zero-order chi connectivity index (χ0) is 11.5. The van der Waals surface area contributed by atoms with E-state index >= 15 is 0 Å². The van der Waals surface area contributed by atoms with Crippen LogP contribution in [0, 0.1) is 0 Å². The van der Waals surface area contributed by atoms with Crippen LogP contribution in [0.3, 0.4) is 0 Å². The molecule has 84 valence electrons. The predicted molar refractivity (Wildman–Crippen MR) is 56.4 cm³/mol. The number of ether oxygens (including phenoxy) is 1. The van der Waals surface area contributed by atoms with E-state index in [1.807, 2.05) is 0 Å². The van der Waals surface area contributed by atoms with Gasteiger partial charge in [0.2, 0.25) is 5.90 Å². The number of hydrogen-bond acceptors (Lipinski definition) is 4. The summed E-state index contributed by atoms with van der Waals surface area (Å²) >= 11 is 0. The van der Waals surface area contributed by atoms with Gasteiger partial charge < -0.3 is 14.9 Å². The van der Waals surface area contributed by atoms with Crippen LogP contribution in [0.15, 0.2) is 29.3 Å². The molecule has 0 radical (unpaired) electrons. The quantitative estimate of drug-likeness (QED) is 0.782. The molecule has 0 amide bonds. The van der Waals surface area contributed by atoms with E-state index in [1.165, 1.54) is 0 Å². The molecule has 2 rings (SSSR count). The van der Waals surface area contributed by atoms with Crippen molar-refractivity contribution in [3.05, 3.63) is 35.4 Å². The lowest BCUT2D eigenvalue weighted by Crippen LogP contribution is -2.10. The van der Waals surface area contributed by atoms with Gasteiger partial charge in [-0.2, -0.15) is 0 Å². The van der Waals surface area contributed by atoms with Crippen molar-refractivity contribution in [3.8, 4) is 0 Å². The number of aliphatic imine (C=N–C) groups is 1. The van der Waals surface area contributed by atoms with Crippen LogP contribution in [0.4, 0.5) is 0 Å². The summed E-state index contributed by atoms with van der Waals surface area (Å²) in [6, 6.07) is 6.48. The minimum Gasteiger partial charge on any atom is -0.479 e. The van der Waals surface area contributed by atoms with Gasteiger partial charge in [0.25, 0.3) is 0 Å². The number of aliphatic carboxylic acids is 1. The maximum absolute atomic E-state index is 10.5. The number of rotatable bonds is 3. The second kappa shape index (κ2) is 4.32. The third kappa shape index (κ3) is 2.04. The summed E-state index contributed by atoms with van der Waals surface area (Å²) in [4.78, 5) is 14.7. The standard InChI is InChI=1S/C11H11NO4/c13-9(11(14)15)7-1-3-8(4-2-7)10-12-5-6-16-10/h1-4,9,13H,5-6H2,(H,14,15). The van der Waals surface area contributed by atoms with Crippen LogP contribution in [-0.4, -0.2) is 35.2 Å². The Morgan fingerprint density at radius 3 is 2.56 bits per heavy atom. The summed E-state index contributed by atoms with van der Waals surface area (Å²) in [6.07, 6.45) is -1.49. The summed E-state index contributed by atoms with van der Waals surface area (Å²) in [6.45, 7) is 1.23. The predicted octanol–water partition coefficient (Wildman–Crippen LogP) is 0.581. The van der Waals surface area contributed by atoms with Gasteiger partial charge in [0.15, 0.2) is 6.10 Å². The Morgan fingerprint density at radius 1 is 1.38 bits per heavy atom. The van der Waals surface area contributed by atoms with Gasteiger partial charge in [-0.25, -0.2) is 9.79 Å². The lowest BCUT2D eigenvalue weighted by Gasteiger charge is -2.06. The molecule has 1 heterocycles. The second-order valence-electron chi connectivity index (χ2n) is 3.40. The molecule has 1 atom stereocenters. The number of carboxylic acid groups (broad SMARTS) is 1. The van der Waals surface area contributed by atoms with E-state index in [4.69, 9.17) is 9.84 Å². The first-order valence-corrected chi connectivity index (χ1v) is 4.87. The fourth-order valence-electron chi connectivity index (χ4n) is 1.46. The molecular weight excluding hydrogens is 210 g/mol. The highest BCUT2D eigenvalue weighted by atomic mass is 16.5. The molecule has 1 unspecified atom stereocenters. The number of aliphatic hydroxyl groups excluding tert-OH is 1. The average molecular weight is 221 g/mol. The third-order valence-electron chi connectivity index (χ3n) is 2.29. The number of aliphatic hydroxyl groups is 1. The van der Waals surface area contributed by atoms with Gasteiger partial charge in [0, 0.05) is 5.56 Å². The van der Waals surface area contributed by atoms with Gasteiger partial charge >= 0.3 is 5.97 Å². The van der Waals surface area contributed by atoms with Crippen LogP contribution in [-0.2, 0) is 9.53 Å². The van der Waals surface area contributed by atoms with Crippen LogP contribution in [0.5, 0.6) is 0 Å². The van der Waals surface area contributed by atoms with Crippen molar-refractivity contribution in [3.63, 3.8) is 0 Å². The van der Waals surface area contributed by atoms with Gasteiger partial charge in [0.05, 0.1) is 6.54 Å². The number of hydrogen-bond donors (Lipinski definition) is 2. The van der Waals surface area contributed by atoms with E-state index < -0.39 is 12.1 Å². The highest BCUT2D eigenvalue weighted by Gasteiger charge is 2.16. The molecule has 1 aliphatic heterocycles. The molecule has 0 aliphatic carbocycles. The smallest absolute Gasteiger partial charge is 0.337 e. The monoisotopic (exact) mass is 221 g/mol. The summed E-state index contributed by atoms with van der Waals surface area (Å²) in [5.74, 6) is -0.696. The summed E-state index contributed by atoms with van der Waals surface area (Å²) in [7, 11) is 0. The lowest BCUT2D eigenvalue weighted by molar-refractivity contribution is -0.146. The Balaban J connectivity index is 2.19. The molecule has 0 fully saturated rings. The molecule has 5 nitrogen and oxygen atoms in total. The van der Waals surface area contributed by atoms with Crippen LogP contribution in [0.2, 0.25) is 0 Å². The first kappa shape index (κ1) is 10.6. The second-order valence-corrected chi connectivity index (χ2v) is 3.40. The Kier molecular flexibility index (Phi) is 2.87. The van der Waals surface area contributed by atoms with Crippen LogP contribution in [0.1, 0.15) is 17.2 Å². The van der Waals surface area contributed by atoms with Crippen molar-refractivity contribution >= 4 is 11.9 Å². The molecule has 0 aromatic heterocycles. The lowest BCUT2D eigenvalue weighted by atomic mass is 10.1. The normalized spacial score (nSPS) is 16.4. The number of carbonyl (C=O) groups is 1. The molecule has 16 heavy (non-hydrogen) atoms. The molecule has 0 spiro atoms. The molecule has 5 heteroatoms. The van der Waals surface area contributed by atoms with E-state index in [1.54, 1.807) is 24.3 Å². The van der Waals surface area contributed by atoms with Crippen molar-refractivity contribution in [2.45, 2.75) is 6.10 Å². The summed E-state index contributed by atoms with van der Waals surface area (Å²) in [5.41, 5.74) is 1.13. The molecular formula is C11H11NO4. The van der Waals surface area contributed by atoms with Crippen molar-refractivity contribution in [2.75, 3.05) is 13.2 Å². The molecule has 0 bridgehead atoms. The molecule has 2 N–H and O–H groups in total. The Morgan fingerprint density at radius 2 is 2.06 bits per heavy atom. The zero-order valence-electron chi connectivity index (χ0n) is 8.46. The number of carboxylic acids is 1. The average Bonchev–Trinajstić information content (AvgIpc) is 2.81. The van der Waals surface area contributed by atoms with Crippen LogP contribution in [0.25, 0.3) is 0 Å². The fourth-order valence-corrected chi connectivity index (χ4v) is 1.46. The van der Waals surface area contributed by atoms with Crippen LogP contribution >= 0.6 is 0 Å². The largest absolute Gasteiger partial charge is 0.479 e. The summed E-state index contributed by atoms with van der Waals surface area (Å²) < 4.78 is 5.26. The van der Waals surface area contributed by atoms with E-state index in [-0.39, 0.29) is 0 Å². The van der Waals surface area contributed by atoms with Gasteiger partial charge in [-0.15, -0.1) is 0 Å². The van der Waals surface area contributed by atoms with E-state index in [2.05, 4.69) is 4.99 Å². The van der Waals surface area contributed by atoms with Gasteiger partial charge in [-0.3, -0.25) is 0 Å². The zero-order valence-corrected chi connectivity index (χ0v) is 8.46. The molecule has 1 aliphatic rings. The van der Waals surface area contributed by atoms with Gasteiger partial charge in [-0.1, -0.05) is 12.1 Å². The maximum Gasteiger partial charge on any atom is 0.337 e. The molecule has 1 aromatic carbocycles. The van der Waals surface area contributed by atoms with Crippen molar-refractivity contribution in [2.24, 2.45) is 4.99 Å². The van der Waals surface area contributed by atoms with Crippen molar-refractivity contribution in [1.82, 2.24) is 0 Å². The minimum atomic E-state index is -1.49. The molecule has 0 saturated carbocycles. The minimum absolute atomic E-state index is 0.342. The van der Waals surface area contributed by atoms with Gasteiger partial charge in [0.1, 0.15) is 6.61 Å². The Bertz CT molecular complexity index is 424. The van der Waals surface area contributed by atoms with Crippen LogP contribution < -0.4 is 0 Å². The van der Waals surface area contributed by atoms with Crippen molar-refractivity contribution in [1.29, 1.82) is 0 Å². The molecule has 0 saturated heterocycles. The number of nitrogens with zero attached hydrogens (tertiary/aromatic N) is 1. The maximum atomic E-state index is 10.5. The Labute approximate surface area is 92.0 Å². The van der Waals surface area contributed by atoms with E-state index in [0.717, 1.165) is 5.56 Å². The first-order valence-electron chi connectivity index (χ1n) is 4.87. The molecule has 1 aromatic rings. The topological polar surface area (TPSA) is 79.1 Å². The highest BCUT2D eigenvalue weighted by molar-refractivity contribution is 5.95. The summed E-state index contributed by atoms with van der Waals surface area (Å²) in [5, 5.41) is 17.9. The number of benzene rings is 1. The van der Waals surface area contributed by atoms with E-state index in [0.29, 0.717) is 24.6 Å². The van der Waals surface area contributed by atoms with Gasteiger partial charge in [-0.05, 0) is 17.7 Å². The van der Waals surface area contributed by atoms with E-state index in [9.17, 15) is 9.90 Å². The SMILES string of the molecule is O=C(O)C(O)c1ccc(C2=NCCO2)cc1. The highest BCUT2D eigenvalue weighted by Crippen LogP contribution is 2.15. The Hall–Kier alpha value is -1.88. The fraction of sp³-hybridized carbons (Fsp3) is 0.273. The first-order chi connectivity index (χ1) is 7.68. The van der Waals surface area contributed by atoms with Crippen molar-refractivity contribution < 1.29 is 19.7 Å².